The molecule has 1 unspecified atom stereocenters. The van der Waals surface area contributed by atoms with E-state index in [4.69, 9.17) is 0 Å². The Morgan fingerprint density at radius 1 is 1.15 bits per heavy atom. The second-order valence-corrected chi connectivity index (χ2v) is 5.86. The number of halogens is 2. The van der Waals surface area contributed by atoms with Gasteiger partial charge in [-0.3, -0.25) is 0 Å². The van der Waals surface area contributed by atoms with Crippen molar-refractivity contribution in [3.63, 3.8) is 0 Å². The van der Waals surface area contributed by atoms with E-state index in [9.17, 15) is 4.39 Å². The van der Waals surface area contributed by atoms with Crippen LogP contribution in [-0.2, 0) is 6.42 Å². The molecule has 0 saturated carbocycles. The molecular formula is C17H19BrFN. The molecule has 0 spiro atoms. The van der Waals surface area contributed by atoms with Gasteiger partial charge in [0.2, 0.25) is 0 Å². The van der Waals surface area contributed by atoms with E-state index in [0.717, 1.165) is 23.0 Å². The lowest BCUT2D eigenvalue weighted by Crippen LogP contribution is -2.23. The van der Waals surface area contributed by atoms with Crippen molar-refractivity contribution in [2.24, 2.45) is 0 Å². The fourth-order valence-electron chi connectivity index (χ4n) is 2.38. The summed E-state index contributed by atoms with van der Waals surface area (Å²) in [6, 6.07) is 13.3. The average Bonchev–Trinajstić information content (AvgIpc) is 2.43. The molecule has 0 saturated heterocycles. The highest BCUT2D eigenvalue weighted by Crippen LogP contribution is 2.25. The molecule has 0 aliphatic rings. The van der Waals surface area contributed by atoms with E-state index in [1.165, 1.54) is 23.3 Å². The zero-order chi connectivity index (χ0) is 14.5. The molecule has 0 aliphatic heterocycles. The summed E-state index contributed by atoms with van der Waals surface area (Å²) in [5.74, 6) is -0.188. The van der Waals surface area contributed by atoms with Crippen molar-refractivity contribution < 1.29 is 4.39 Å². The fraction of sp³-hybridized carbons (Fsp3) is 0.294. The number of aryl methyl sites for hydroxylation is 1. The molecule has 1 atom stereocenters. The van der Waals surface area contributed by atoms with Gasteiger partial charge >= 0.3 is 0 Å². The van der Waals surface area contributed by atoms with Gasteiger partial charge in [0, 0.05) is 10.5 Å². The molecular weight excluding hydrogens is 317 g/mol. The predicted octanol–water partition coefficient (Wildman–Crippen LogP) is 4.79. The molecule has 1 N–H and O–H groups in total. The molecule has 0 radical (unpaired) electrons. The zero-order valence-electron chi connectivity index (χ0n) is 11.8. The standard InChI is InChI=1S/C17H19BrFN/c1-3-20-17(10-13-5-8-15(19)9-6-13)16-11-14(18)7-4-12(16)2/h4-9,11,17,20H,3,10H2,1-2H3. The summed E-state index contributed by atoms with van der Waals surface area (Å²) in [6.07, 6.45) is 0.853. The number of likely N-dealkylation sites (N-methyl/N-ethyl adjacent to an activating group) is 1. The Morgan fingerprint density at radius 3 is 2.50 bits per heavy atom. The fourth-order valence-corrected chi connectivity index (χ4v) is 2.76. The lowest BCUT2D eigenvalue weighted by Gasteiger charge is -2.21. The number of benzene rings is 2. The van der Waals surface area contributed by atoms with Crippen LogP contribution in [-0.4, -0.2) is 6.54 Å². The Kier molecular flexibility index (Phi) is 5.32. The molecule has 0 fully saturated rings. The maximum atomic E-state index is 13.0. The van der Waals surface area contributed by atoms with Gasteiger partial charge in [0.15, 0.2) is 0 Å². The molecule has 2 rings (SSSR count). The minimum Gasteiger partial charge on any atom is -0.310 e. The van der Waals surface area contributed by atoms with Gasteiger partial charge in [0.25, 0.3) is 0 Å². The van der Waals surface area contributed by atoms with Gasteiger partial charge in [0.1, 0.15) is 5.82 Å². The molecule has 0 aromatic heterocycles. The Hall–Kier alpha value is -1.19. The molecule has 3 heteroatoms. The first-order chi connectivity index (χ1) is 9.60. The lowest BCUT2D eigenvalue weighted by molar-refractivity contribution is 0.546. The highest BCUT2D eigenvalue weighted by molar-refractivity contribution is 9.10. The second-order valence-electron chi connectivity index (χ2n) is 4.94. The maximum Gasteiger partial charge on any atom is 0.123 e. The molecule has 0 amide bonds. The summed E-state index contributed by atoms with van der Waals surface area (Å²) >= 11 is 3.53. The highest BCUT2D eigenvalue weighted by atomic mass is 79.9. The highest BCUT2D eigenvalue weighted by Gasteiger charge is 2.14. The van der Waals surface area contributed by atoms with Crippen LogP contribution < -0.4 is 5.32 Å². The van der Waals surface area contributed by atoms with Crippen LogP contribution in [0.15, 0.2) is 46.9 Å². The average molecular weight is 336 g/mol. The smallest absolute Gasteiger partial charge is 0.123 e. The number of rotatable bonds is 5. The van der Waals surface area contributed by atoms with Gasteiger partial charge in [-0.25, -0.2) is 4.39 Å². The van der Waals surface area contributed by atoms with Gasteiger partial charge in [-0.1, -0.05) is 41.1 Å². The molecule has 0 heterocycles. The molecule has 106 valence electrons. The van der Waals surface area contributed by atoms with Gasteiger partial charge in [-0.15, -0.1) is 0 Å². The minimum absolute atomic E-state index is 0.188. The molecule has 2 aromatic carbocycles. The number of nitrogens with one attached hydrogen (secondary N) is 1. The Balaban J connectivity index is 2.26. The van der Waals surface area contributed by atoms with E-state index in [2.05, 4.69) is 53.3 Å². The van der Waals surface area contributed by atoms with Crippen LogP contribution >= 0.6 is 15.9 Å². The summed E-state index contributed by atoms with van der Waals surface area (Å²) in [4.78, 5) is 0. The summed E-state index contributed by atoms with van der Waals surface area (Å²) < 4.78 is 14.1. The zero-order valence-corrected chi connectivity index (χ0v) is 13.4. The first-order valence-corrected chi connectivity index (χ1v) is 7.63. The van der Waals surface area contributed by atoms with E-state index >= 15 is 0 Å². The van der Waals surface area contributed by atoms with E-state index in [1.54, 1.807) is 0 Å². The topological polar surface area (TPSA) is 12.0 Å². The van der Waals surface area contributed by atoms with E-state index < -0.39 is 0 Å². The van der Waals surface area contributed by atoms with Crippen molar-refractivity contribution >= 4 is 15.9 Å². The summed E-state index contributed by atoms with van der Waals surface area (Å²) in [6.45, 7) is 5.12. The Labute approximate surface area is 128 Å². The van der Waals surface area contributed by atoms with Crippen LogP contribution in [0.2, 0.25) is 0 Å². The van der Waals surface area contributed by atoms with Crippen LogP contribution in [0.25, 0.3) is 0 Å². The third kappa shape index (κ3) is 3.90. The van der Waals surface area contributed by atoms with E-state index in [-0.39, 0.29) is 11.9 Å². The van der Waals surface area contributed by atoms with Crippen molar-refractivity contribution in [3.8, 4) is 0 Å². The van der Waals surface area contributed by atoms with Crippen LogP contribution in [0.3, 0.4) is 0 Å². The molecule has 0 bridgehead atoms. The molecule has 1 nitrogen and oxygen atoms in total. The van der Waals surface area contributed by atoms with Gasteiger partial charge in [-0.05, 0) is 60.8 Å². The lowest BCUT2D eigenvalue weighted by atomic mass is 9.95. The Morgan fingerprint density at radius 2 is 1.85 bits per heavy atom. The molecule has 2 aromatic rings. The predicted molar refractivity (Wildman–Crippen MR) is 85.4 cm³/mol. The minimum atomic E-state index is -0.188. The largest absolute Gasteiger partial charge is 0.310 e. The quantitative estimate of drug-likeness (QED) is 0.828. The van der Waals surface area contributed by atoms with E-state index in [0.29, 0.717) is 0 Å². The SMILES string of the molecule is CCNC(Cc1ccc(F)cc1)c1cc(Br)ccc1C. The van der Waals surface area contributed by atoms with Crippen molar-refractivity contribution in [3.05, 3.63) is 69.4 Å². The van der Waals surface area contributed by atoms with Crippen molar-refractivity contribution in [1.29, 1.82) is 0 Å². The van der Waals surface area contributed by atoms with Crippen LogP contribution in [0.5, 0.6) is 0 Å². The van der Waals surface area contributed by atoms with Crippen LogP contribution in [0, 0.1) is 12.7 Å². The second kappa shape index (κ2) is 7.00. The third-order valence-corrected chi connectivity index (χ3v) is 3.91. The van der Waals surface area contributed by atoms with Gasteiger partial charge in [-0.2, -0.15) is 0 Å². The number of hydrogen-bond donors (Lipinski definition) is 1. The van der Waals surface area contributed by atoms with Crippen LogP contribution in [0.4, 0.5) is 4.39 Å². The maximum absolute atomic E-state index is 13.0. The Bertz CT molecular complexity index is 566. The molecule has 0 aliphatic carbocycles. The molecule has 20 heavy (non-hydrogen) atoms. The first-order valence-electron chi connectivity index (χ1n) is 6.84. The van der Waals surface area contributed by atoms with Crippen molar-refractivity contribution in [1.82, 2.24) is 5.32 Å². The van der Waals surface area contributed by atoms with Crippen molar-refractivity contribution in [2.45, 2.75) is 26.3 Å². The van der Waals surface area contributed by atoms with Gasteiger partial charge < -0.3 is 5.32 Å². The summed E-state index contributed by atoms with van der Waals surface area (Å²) in [7, 11) is 0. The van der Waals surface area contributed by atoms with Crippen molar-refractivity contribution in [2.75, 3.05) is 6.54 Å². The van der Waals surface area contributed by atoms with Crippen LogP contribution in [0.1, 0.15) is 29.7 Å². The summed E-state index contributed by atoms with van der Waals surface area (Å²) in [5.41, 5.74) is 3.68. The monoisotopic (exact) mass is 335 g/mol. The third-order valence-electron chi connectivity index (χ3n) is 3.42. The first kappa shape index (κ1) is 15.2. The number of hydrogen-bond acceptors (Lipinski definition) is 1. The van der Waals surface area contributed by atoms with Gasteiger partial charge in [0.05, 0.1) is 0 Å². The van der Waals surface area contributed by atoms with E-state index in [1.807, 2.05) is 12.1 Å². The summed E-state index contributed by atoms with van der Waals surface area (Å²) in [5, 5.41) is 3.52. The normalized spacial score (nSPS) is 12.4.